The molecule has 0 bridgehead atoms. The molecule has 0 atom stereocenters. The Labute approximate surface area is 171 Å². The molecule has 1 saturated heterocycles. The highest BCUT2D eigenvalue weighted by Crippen LogP contribution is 2.31. The molecular formula is C21H26ClN3O3. The molecular weight excluding hydrogens is 378 g/mol. The number of methoxy groups -OCH3 is 2. The Morgan fingerprint density at radius 3 is 2.25 bits per heavy atom. The predicted octanol–water partition coefficient (Wildman–Crippen LogP) is 3.75. The van der Waals surface area contributed by atoms with E-state index >= 15 is 0 Å². The number of carbonyl (C=O) groups excluding carboxylic acids is 1. The molecule has 0 unspecified atom stereocenters. The van der Waals surface area contributed by atoms with E-state index in [0.29, 0.717) is 27.8 Å². The van der Waals surface area contributed by atoms with E-state index in [0.717, 1.165) is 38.4 Å². The van der Waals surface area contributed by atoms with E-state index in [9.17, 15) is 4.79 Å². The van der Waals surface area contributed by atoms with Crippen LogP contribution < -0.4 is 19.7 Å². The second kappa shape index (κ2) is 9.17. The first-order chi connectivity index (χ1) is 13.5. The van der Waals surface area contributed by atoms with Crippen LogP contribution in [-0.4, -0.2) is 57.8 Å². The third-order valence-electron chi connectivity index (χ3n) is 4.98. The minimum atomic E-state index is -0.243. The molecule has 1 N–H and O–H groups in total. The van der Waals surface area contributed by atoms with Gasteiger partial charge in [0.15, 0.2) is 0 Å². The van der Waals surface area contributed by atoms with Crippen molar-refractivity contribution >= 4 is 28.9 Å². The van der Waals surface area contributed by atoms with E-state index in [1.54, 1.807) is 38.5 Å². The predicted molar refractivity (Wildman–Crippen MR) is 113 cm³/mol. The van der Waals surface area contributed by atoms with Gasteiger partial charge in [0.2, 0.25) is 0 Å². The molecule has 0 aromatic heterocycles. The summed E-state index contributed by atoms with van der Waals surface area (Å²) in [5.41, 5.74) is 2.13. The maximum absolute atomic E-state index is 12.9. The number of likely N-dealkylation sites (N-methyl/N-ethyl adjacent to an activating group) is 1. The Balaban J connectivity index is 1.84. The van der Waals surface area contributed by atoms with Gasteiger partial charge >= 0.3 is 0 Å². The highest BCUT2D eigenvalue weighted by Gasteiger charge is 2.20. The Morgan fingerprint density at radius 1 is 1.04 bits per heavy atom. The Kier molecular flexibility index (Phi) is 6.65. The number of hydrogen-bond donors (Lipinski definition) is 1. The van der Waals surface area contributed by atoms with Crippen LogP contribution in [-0.2, 0) is 0 Å². The van der Waals surface area contributed by atoms with Crippen molar-refractivity contribution in [3.8, 4) is 11.5 Å². The van der Waals surface area contributed by atoms with Crippen LogP contribution in [0.3, 0.4) is 0 Å². The zero-order valence-corrected chi connectivity index (χ0v) is 17.3. The lowest BCUT2D eigenvalue weighted by Gasteiger charge is -2.36. The number of halogens is 1. The largest absolute Gasteiger partial charge is 0.497 e. The van der Waals surface area contributed by atoms with Gasteiger partial charge in [0.05, 0.1) is 25.6 Å². The number of carbonyl (C=O) groups is 1. The molecule has 2 aromatic rings. The highest BCUT2D eigenvalue weighted by molar-refractivity contribution is 6.31. The van der Waals surface area contributed by atoms with Gasteiger partial charge in [-0.05, 0) is 36.9 Å². The molecule has 0 spiro atoms. The molecule has 1 amide bonds. The van der Waals surface area contributed by atoms with Gasteiger partial charge in [-0.1, -0.05) is 18.5 Å². The van der Waals surface area contributed by atoms with Crippen molar-refractivity contribution in [3.05, 3.63) is 47.0 Å². The van der Waals surface area contributed by atoms with Gasteiger partial charge in [0, 0.05) is 42.8 Å². The van der Waals surface area contributed by atoms with Crippen LogP contribution in [0.15, 0.2) is 36.4 Å². The minimum Gasteiger partial charge on any atom is -0.497 e. The molecule has 0 aliphatic carbocycles. The van der Waals surface area contributed by atoms with Crippen LogP contribution in [0.2, 0.25) is 5.02 Å². The van der Waals surface area contributed by atoms with Crippen LogP contribution >= 0.6 is 11.6 Å². The van der Waals surface area contributed by atoms with Gasteiger partial charge < -0.3 is 24.6 Å². The summed E-state index contributed by atoms with van der Waals surface area (Å²) in [4.78, 5) is 17.6. The van der Waals surface area contributed by atoms with Crippen LogP contribution in [0.5, 0.6) is 11.5 Å². The smallest absolute Gasteiger partial charge is 0.255 e. The fourth-order valence-corrected chi connectivity index (χ4v) is 3.49. The summed E-state index contributed by atoms with van der Waals surface area (Å²) >= 11 is 6.21. The molecule has 0 radical (unpaired) electrons. The third kappa shape index (κ3) is 4.69. The first kappa shape index (κ1) is 20.3. The average molecular weight is 404 g/mol. The minimum absolute atomic E-state index is 0.243. The van der Waals surface area contributed by atoms with Crippen LogP contribution in [0.25, 0.3) is 0 Å². The number of benzene rings is 2. The zero-order valence-electron chi connectivity index (χ0n) is 16.5. The van der Waals surface area contributed by atoms with Crippen molar-refractivity contribution in [1.82, 2.24) is 4.90 Å². The van der Waals surface area contributed by atoms with Gasteiger partial charge in [0.1, 0.15) is 11.5 Å². The average Bonchev–Trinajstić information content (AvgIpc) is 2.73. The van der Waals surface area contributed by atoms with E-state index in [1.165, 1.54) is 0 Å². The maximum Gasteiger partial charge on any atom is 0.255 e. The number of anilines is 2. The van der Waals surface area contributed by atoms with Crippen LogP contribution in [0, 0.1) is 0 Å². The standard InChI is InChI=1S/C21H26ClN3O3/c1-4-24-7-9-25(10-8-24)20-6-5-16(22)13-19(20)23-21(26)15-11-17(27-2)14-18(12-15)28-3/h5-6,11-14H,4,7-10H2,1-3H3,(H,23,26). The highest BCUT2D eigenvalue weighted by atomic mass is 35.5. The summed E-state index contributed by atoms with van der Waals surface area (Å²) in [6, 6.07) is 10.7. The van der Waals surface area contributed by atoms with Crippen LogP contribution in [0.1, 0.15) is 17.3 Å². The topological polar surface area (TPSA) is 54.0 Å². The van der Waals surface area contributed by atoms with Gasteiger partial charge in [-0.3, -0.25) is 4.79 Å². The number of hydrogen-bond acceptors (Lipinski definition) is 5. The van der Waals surface area contributed by atoms with E-state index in [-0.39, 0.29) is 5.91 Å². The van der Waals surface area contributed by atoms with E-state index in [1.807, 2.05) is 12.1 Å². The first-order valence-corrected chi connectivity index (χ1v) is 9.73. The summed E-state index contributed by atoms with van der Waals surface area (Å²) in [6.07, 6.45) is 0. The number of rotatable bonds is 6. The fourth-order valence-electron chi connectivity index (χ4n) is 3.32. The summed E-state index contributed by atoms with van der Waals surface area (Å²) in [7, 11) is 3.11. The summed E-state index contributed by atoms with van der Waals surface area (Å²) in [5, 5.41) is 3.58. The molecule has 0 saturated carbocycles. The number of piperazine rings is 1. The summed E-state index contributed by atoms with van der Waals surface area (Å²) in [5.74, 6) is 0.880. The normalized spacial score (nSPS) is 14.6. The summed E-state index contributed by atoms with van der Waals surface area (Å²) in [6.45, 7) is 7.04. The molecule has 7 heteroatoms. The van der Waals surface area contributed by atoms with Crippen molar-refractivity contribution in [2.45, 2.75) is 6.92 Å². The van der Waals surface area contributed by atoms with Gasteiger partial charge in [-0.15, -0.1) is 0 Å². The van der Waals surface area contributed by atoms with Crippen molar-refractivity contribution < 1.29 is 14.3 Å². The Hall–Kier alpha value is -2.44. The van der Waals surface area contributed by atoms with E-state index in [2.05, 4.69) is 22.0 Å². The van der Waals surface area contributed by atoms with Crippen molar-refractivity contribution in [2.24, 2.45) is 0 Å². The number of nitrogens with one attached hydrogen (secondary N) is 1. The van der Waals surface area contributed by atoms with Gasteiger partial charge in [-0.25, -0.2) is 0 Å². The Morgan fingerprint density at radius 2 is 1.68 bits per heavy atom. The van der Waals surface area contributed by atoms with Gasteiger partial charge in [0.25, 0.3) is 5.91 Å². The lowest BCUT2D eigenvalue weighted by atomic mass is 10.1. The van der Waals surface area contributed by atoms with Crippen LogP contribution in [0.4, 0.5) is 11.4 Å². The molecule has 6 nitrogen and oxygen atoms in total. The summed E-state index contributed by atoms with van der Waals surface area (Å²) < 4.78 is 10.5. The second-order valence-corrected chi connectivity index (χ2v) is 7.07. The first-order valence-electron chi connectivity index (χ1n) is 9.35. The monoisotopic (exact) mass is 403 g/mol. The fraction of sp³-hybridized carbons (Fsp3) is 0.381. The number of nitrogens with zero attached hydrogens (tertiary/aromatic N) is 2. The maximum atomic E-state index is 12.9. The molecule has 3 rings (SSSR count). The molecule has 28 heavy (non-hydrogen) atoms. The van der Waals surface area contributed by atoms with Crippen molar-refractivity contribution in [3.63, 3.8) is 0 Å². The molecule has 150 valence electrons. The Bertz CT molecular complexity index is 813. The second-order valence-electron chi connectivity index (χ2n) is 6.64. The van der Waals surface area contributed by atoms with E-state index < -0.39 is 0 Å². The molecule has 1 heterocycles. The van der Waals surface area contributed by atoms with Gasteiger partial charge in [-0.2, -0.15) is 0 Å². The number of ether oxygens (including phenoxy) is 2. The van der Waals surface area contributed by atoms with Crippen molar-refractivity contribution in [2.75, 3.05) is 57.2 Å². The molecule has 1 fully saturated rings. The lowest BCUT2D eigenvalue weighted by Crippen LogP contribution is -2.46. The number of amides is 1. The molecule has 2 aromatic carbocycles. The van der Waals surface area contributed by atoms with E-state index in [4.69, 9.17) is 21.1 Å². The van der Waals surface area contributed by atoms with Crippen molar-refractivity contribution in [1.29, 1.82) is 0 Å². The molecule has 1 aliphatic heterocycles. The molecule has 1 aliphatic rings. The zero-order chi connectivity index (χ0) is 20.1. The SMILES string of the molecule is CCN1CCN(c2ccc(Cl)cc2NC(=O)c2cc(OC)cc(OC)c2)CC1. The third-order valence-corrected chi connectivity index (χ3v) is 5.22. The quantitative estimate of drug-likeness (QED) is 0.796. The lowest BCUT2D eigenvalue weighted by molar-refractivity contribution is 0.102.